The summed E-state index contributed by atoms with van der Waals surface area (Å²) in [6, 6.07) is 0. The predicted molar refractivity (Wildman–Crippen MR) is 60.5 cm³/mol. The standard InChI is InChI=1S/C9H19N5O/c1-15-5-4-9(2-3-9)6-13-8(12)14-7(10)11/h2-6H2,1H3,(H6,10,11,12,13,14). The summed E-state index contributed by atoms with van der Waals surface area (Å²) in [5.74, 6) is 0.0941. The summed E-state index contributed by atoms with van der Waals surface area (Å²) in [5, 5.41) is 0. The van der Waals surface area contributed by atoms with Crippen molar-refractivity contribution < 1.29 is 4.74 Å². The van der Waals surface area contributed by atoms with Gasteiger partial charge in [0.25, 0.3) is 0 Å². The van der Waals surface area contributed by atoms with Gasteiger partial charge in [-0.3, -0.25) is 4.99 Å². The average molecular weight is 213 g/mol. The minimum absolute atomic E-state index is 0.0574. The molecule has 0 aliphatic heterocycles. The molecule has 15 heavy (non-hydrogen) atoms. The molecule has 0 aromatic heterocycles. The van der Waals surface area contributed by atoms with Crippen LogP contribution in [0.5, 0.6) is 0 Å². The van der Waals surface area contributed by atoms with Crippen molar-refractivity contribution in [2.24, 2.45) is 32.6 Å². The van der Waals surface area contributed by atoms with Crippen molar-refractivity contribution in [1.82, 2.24) is 0 Å². The van der Waals surface area contributed by atoms with Gasteiger partial charge in [-0.1, -0.05) is 0 Å². The topological polar surface area (TPSA) is 112 Å². The van der Waals surface area contributed by atoms with Gasteiger partial charge in [0.15, 0.2) is 5.96 Å². The smallest absolute Gasteiger partial charge is 0.218 e. The lowest BCUT2D eigenvalue weighted by Gasteiger charge is -2.10. The van der Waals surface area contributed by atoms with Crippen LogP contribution in [-0.4, -0.2) is 32.2 Å². The highest BCUT2D eigenvalue weighted by atomic mass is 16.5. The normalized spacial score (nSPS) is 18.6. The van der Waals surface area contributed by atoms with Crippen LogP contribution in [0.4, 0.5) is 0 Å². The molecule has 0 atom stereocenters. The number of aliphatic imine (C=N–C) groups is 2. The van der Waals surface area contributed by atoms with Crippen molar-refractivity contribution in [2.45, 2.75) is 19.3 Å². The van der Waals surface area contributed by atoms with Gasteiger partial charge in [-0.15, -0.1) is 0 Å². The zero-order chi connectivity index (χ0) is 11.3. The van der Waals surface area contributed by atoms with Crippen molar-refractivity contribution in [2.75, 3.05) is 20.3 Å². The Bertz CT molecular complexity index is 266. The molecular weight excluding hydrogens is 194 g/mol. The van der Waals surface area contributed by atoms with Gasteiger partial charge in [-0.2, -0.15) is 4.99 Å². The van der Waals surface area contributed by atoms with E-state index in [1.807, 2.05) is 0 Å². The molecule has 0 unspecified atom stereocenters. The number of ether oxygens (including phenoxy) is 1. The van der Waals surface area contributed by atoms with Gasteiger partial charge >= 0.3 is 0 Å². The maximum absolute atomic E-state index is 5.51. The predicted octanol–water partition coefficient (Wildman–Crippen LogP) is -0.609. The molecule has 6 nitrogen and oxygen atoms in total. The molecular formula is C9H19N5O. The molecule has 1 fully saturated rings. The van der Waals surface area contributed by atoms with Crippen LogP contribution in [0.1, 0.15) is 19.3 Å². The maximum atomic E-state index is 5.51. The molecule has 0 aromatic rings. The Morgan fingerprint density at radius 2 is 2.00 bits per heavy atom. The molecule has 1 rings (SSSR count). The van der Waals surface area contributed by atoms with Crippen molar-refractivity contribution in [3.05, 3.63) is 0 Å². The van der Waals surface area contributed by atoms with Crippen molar-refractivity contribution in [3.8, 4) is 0 Å². The molecule has 0 amide bonds. The molecule has 0 saturated heterocycles. The first-order valence-electron chi connectivity index (χ1n) is 4.96. The Kier molecular flexibility index (Phi) is 3.90. The van der Waals surface area contributed by atoms with Gasteiger partial charge in [-0.05, 0) is 24.7 Å². The van der Waals surface area contributed by atoms with E-state index in [2.05, 4.69) is 9.98 Å². The SMILES string of the molecule is COCCC1(CN=C(N)N=C(N)N)CC1. The molecule has 0 heterocycles. The lowest BCUT2D eigenvalue weighted by atomic mass is 10.0. The van der Waals surface area contributed by atoms with Crippen LogP contribution in [0.15, 0.2) is 9.98 Å². The molecule has 1 saturated carbocycles. The third kappa shape index (κ3) is 4.16. The maximum Gasteiger partial charge on any atom is 0.218 e. The lowest BCUT2D eigenvalue weighted by molar-refractivity contribution is 0.174. The molecule has 0 aromatic carbocycles. The van der Waals surface area contributed by atoms with E-state index >= 15 is 0 Å². The summed E-state index contributed by atoms with van der Waals surface area (Å²) in [5.41, 5.74) is 16.1. The number of methoxy groups -OCH3 is 1. The summed E-state index contributed by atoms with van der Waals surface area (Å²) < 4.78 is 5.04. The lowest BCUT2D eigenvalue weighted by Crippen LogP contribution is -2.27. The number of nitrogens with two attached hydrogens (primary N) is 3. The van der Waals surface area contributed by atoms with Crippen LogP contribution >= 0.6 is 0 Å². The Morgan fingerprint density at radius 1 is 1.33 bits per heavy atom. The molecule has 0 spiro atoms. The Labute approximate surface area is 89.6 Å². The first kappa shape index (κ1) is 11.8. The van der Waals surface area contributed by atoms with E-state index in [4.69, 9.17) is 21.9 Å². The monoisotopic (exact) mass is 213 g/mol. The highest BCUT2D eigenvalue weighted by Gasteiger charge is 2.41. The minimum atomic E-state index is -0.0574. The van der Waals surface area contributed by atoms with E-state index in [0.29, 0.717) is 6.54 Å². The quantitative estimate of drug-likeness (QED) is 0.417. The van der Waals surface area contributed by atoms with Gasteiger partial charge in [0.2, 0.25) is 5.96 Å². The number of nitrogens with zero attached hydrogens (tertiary/aromatic N) is 2. The summed E-state index contributed by atoms with van der Waals surface area (Å²) in [7, 11) is 1.70. The van der Waals surface area contributed by atoms with Crippen LogP contribution in [0.25, 0.3) is 0 Å². The fourth-order valence-electron chi connectivity index (χ4n) is 1.40. The molecule has 1 aliphatic carbocycles. The third-order valence-corrected chi connectivity index (χ3v) is 2.61. The Hall–Kier alpha value is -1.30. The third-order valence-electron chi connectivity index (χ3n) is 2.61. The average Bonchev–Trinajstić information content (AvgIpc) is 2.92. The number of hydrogen-bond donors (Lipinski definition) is 3. The second-order valence-electron chi connectivity index (χ2n) is 3.95. The van der Waals surface area contributed by atoms with Gasteiger partial charge in [0.1, 0.15) is 0 Å². The first-order valence-corrected chi connectivity index (χ1v) is 4.96. The molecule has 0 bridgehead atoms. The van der Waals surface area contributed by atoms with Crippen LogP contribution < -0.4 is 17.2 Å². The molecule has 0 radical (unpaired) electrons. The molecule has 86 valence electrons. The van der Waals surface area contributed by atoms with Crippen LogP contribution in [-0.2, 0) is 4.74 Å². The minimum Gasteiger partial charge on any atom is -0.385 e. The van der Waals surface area contributed by atoms with Crippen molar-refractivity contribution >= 4 is 11.9 Å². The van der Waals surface area contributed by atoms with E-state index in [1.165, 1.54) is 12.8 Å². The summed E-state index contributed by atoms with van der Waals surface area (Å²) in [6.45, 7) is 1.44. The zero-order valence-electron chi connectivity index (χ0n) is 9.07. The van der Waals surface area contributed by atoms with E-state index < -0.39 is 0 Å². The van der Waals surface area contributed by atoms with Gasteiger partial charge in [0.05, 0.1) is 0 Å². The van der Waals surface area contributed by atoms with E-state index in [9.17, 15) is 0 Å². The van der Waals surface area contributed by atoms with Crippen LogP contribution in [0, 0.1) is 5.41 Å². The Morgan fingerprint density at radius 3 is 2.47 bits per heavy atom. The first-order chi connectivity index (χ1) is 7.08. The highest BCUT2D eigenvalue weighted by molar-refractivity contribution is 5.92. The van der Waals surface area contributed by atoms with Crippen LogP contribution in [0.2, 0.25) is 0 Å². The van der Waals surface area contributed by atoms with E-state index in [1.54, 1.807) is 7.11 Å². The summed E-state index contributed by atoms with van der Waals surface area (Å²) >= 11 is 0. The second kappa shape index (κ2) is 4.97. The van der Waals surface area contributed by atoms with E-state index in [-0.39, 0.29) is 17.3 Å². The number of hydrogen-bond acceptors (Lipinski definition) is 2. The fourth-order valence-corrected chi connectivity index (χ4v) is 1.40. The van der Waals surface area contributed by atoms with E-state index in [0.717, 1.165) is 13.0 Å². The van der Waals surface area contributed by atoms with Crippen LogP contribution in [0.3, 0.4) is 0 Å². The summed E-state index contributed by atoms with van der Waals surface area (Å²) in [6.07, 6.45) is 3.37. The van der Waals surface area contributed by atoms with Crippen molar-refractivity contribution in [3.63, 3.8) is 0 Å². The second-order valence-corrected chi connectivity index (χ2v) is 3.95. The highest BCUT2D eigenvalue weighted by Crippen LogP contribution is 2.48. The van der Waals surface area contributed by atoms with Gasteiger partial charge in [-0.25, -0.2) is 0 Å². The molecule has 6 heteroatoms. The molecule has 6 N–H and O–H groups in total. The van der Waals surface area contributed by atoms with Gasteiger partial charge in [0, 0.05) is 20.3 Å². The van der Waals surface area contributed by atoms with Crippen molar-refractivity contribution in [1.29, 1.82) is 0 Å². The zero-order valence-corrected chi connectivity index (χ0v) is 9.07. The number of guanidine groups is 2. The fraction of sp³-hybridized carbons (Fsp3) is 0.778. The number of rotatable bonds is 5. The van der Waals surface area contributed by atoms with Gasteiger partial charge < -0.3 is 21.9 Å². The Balaban J connectivity index is 2.38. The molecule has 1 aliphatic rings. The largest absolute Gasteiger partial charge is 0.385 e. The summed E-state index contributed by atoms with van der Waals surface area (Å²) in [4.78, 5) is 7.80.